The first-order valence-corrected chi connectivity index (χ1v) is 4.75. The number of hydrogen-bond acceptors (Lipinski definition) is 3. The van der Waals surface area contributed by atoms with Gasteiger partial charge in [0.2, 0.25) is 0 Å². The van der Waals surface area contributed by atoms with Gasteiger partial charge in [0.05, 0.1) is 5.01 Å². The number of aromatic nitrogens is 1. The molecular formula is C8H9NO2S. The Labute approximate surface area is 74.1 Å². The predicted octanol–water partition coefficient (Wildman–Crippen LogP) is 1.96. The summed E-state index contributed by atoms with van der Waals surface area (Å²) in [6, 6.07) is 0. The molecule has 2 atom stereocenters. The summed E-state index contributed by atoms with van der Waals surface area (Å²) in [5, 5.41) is 11.2. The first-order chi connectivity index (χ1) is 5.68. The molecule has 2 rings (SSSR count). The van der Waals surface area contributed by atoms with Gasteiger partial charge in [0, 0.05) is 11.3 Å². The van der Waals surface area contributed by atoms with Crippen LogP contribution in [0.4, 0.5) is 0 Å². The Bertz CT molecular complexity index is 321. The summed E-state index contributed by atoms with van der Waals surface area (Å²) in [5.41, 5.74) is 0.189. The van der Waals surface area contributed by atoms with Crippen LogP contribution in [0.25, 0.3) is 0 Å². The van der Waals surface area contributed by atoms with Crippen molar-refractivity contribution in [1.82, 2.24) is 4.98 Å². The second-order valence-corrected chi connectivity index (χ2v) is 4.09. The predicted molar refractivity (Wildman–Crippen MR) is 45.6 cm³/mol. The fourth-order valence-electron chi connectivity index (χ4n) is 1.22. The van der Waals surface area contributed by atoms with Crippen LogP contribution in [0.15, 0.2) is 5.38 Å². The van der Waals surface area contributed by atoms with Crippen molar-refractivity contribution in [2.45, 2.75) is 19.3 Å². The van der Waals surface area contributed by atoms with E-state index in [9.17, 15) is 4.79 Å². The fraction of sp³-hybridized carbons (Fsp3) is 0.500. The lowest BCUT2D eigenvalue weighted by molar-refractivity contribution is 0.0691. The first kappa shape index (κ1) is 7.73. The number of thiazole rings is 1. The van der Waals surface area contributed by atoms with Gasteiger partial charge >= 0.3 is 5.97 Å². The van der Waals surface area contributed by atoms with Gasteiger partial charge in [-0.1, -0.05) is 6.92 Å². The quantitative estimate of drug-likeness (QED) is 0.762. The summed E-state index contributed by atoms with van der Waals surface area (Å²) in [4.78, 5) is 14.5. The summed E-state index contributed by atoms with van der Waals surface area (Å²) in [6.07, 6.45) is 1.16. The van der Waals surface area contributed by atoms with Crippen molar-refractivity contribution in [1.29, 1.82) is 0 Å². The number of carboxylic acids is 1. The van der Waals surface area contributed by atoms with E-state index in [1.807, 2.05) is 0 Å². The molecule has 1 aromatic heterocycles. The molecule has 0 spiro atoms. The van der Waals surface area contributed by atoms with Gasteiger partial charge < -0.3 is 5.11 Å². The molecule has 0 amide bonds. The molecule has 1 N–H and O–H groups in total. The van der Waals surface area contributed by atoms with Crippen LogP contribution >= 0.6 is 11.3 Å². The highest BCUT2D eigenvalue weighted by Crippen LogP contribution is 2.47. The fourth-order valence-corrected chi connectivity index (χ4v) is 2.26. The molecule has 1 aliphatic carbocycles. The molecule has 0 aliphatic heterocycles. The van der Waals surface area contributed by atoms with E-state index in [1.165, 1.54) is 11.3 Å². The third-order valence-corrected chi connectivity index (χ3v) is 3.14. The third kappa shape index (κ3) is 1.22. The molecule has 2 unspecified atom stereocenters. The van der Waals surface area contributed by atoms with Gasteiger partial charge in [0.1, 0.15) is 0 Å². The van der Waals surface area contributed by atoms with Crippen molar-refractivity contribution in [3.05, 3.63) is 16.1 Å². The van der Waals surface area contributed by atoms with Crippen LogP contribution in [0.2, 0.25) is 0 Å². The molecule has 4 heteroatoms. The zero-order valence-corrected chi connectivity index (χ0v) is 7.47. The van der Waals surface area contributed by atoms with Gasteiger partial charge in [-0.3, -0.25) is 0 Å². The van der Waals surface area contributed by atoms with Crippen molar-refractivity contribution in [3.8, 4) is 0 Å². The van der Waals surface area contributed by atoms with Gasteiger partial charge in [-0.2, -0.15) is 0 Å². The molecular weight excluding hydrogens is 174 g/mol. The molecule has 1 fully saturated rings. The molecule has 64 valence electrons. The van der Waals surface area contributed by atoms with Crippen molar-refractivity contribution in [2.24, 2.45) is 5.92 Å². The molecule has 0 saturated heterocycles. The van der Waals surface area contributed by atoms with Crippen LogP contribution < -0.4 is 0 Å². The van der Waals surface area contributed by atoms with Crippen LogP contribution in [0, 0.1) is 5.92 Å². The normalized spacial score (nSPS) is 27.1. The van der Waals surface area contributed by atoms with E-state index in [-0.39, 0.29) is 5.69 Å². The minimum atomic E-state index is -0.925. The minimum absolute atomic E-state index is 0.189. The van der Waals surface area contributed by atoms with Crippen molar-refractivity contribution in [2.75, 3.05) is 0 Å². The Morgan fingerprint density at radius 3 is 2.92 bits per heavy atom. The summed E-state index contributed by atoms with van der Waals surface area (Å²) in [6.45, 7) is 2.16. The van der Waals surface area contributed by atoms with Crippen LogP contribution in [-0.4, -0.2) is 16.1 Å². The van der Waals surface area contributed by atoms with E-state index < -0.39 is 5.97 Å². The van der Waals surface area contributed by atoms with Crippen LogP contribution in [0.5, 0.6) is 0 Å². The molecule has 0 aromatic carbocycles. The maximum atomic E-state index is 10.5. The van der Waals surface area contributed by atoms with E-state index >= 15 is 0 Å². The maximum absolute atomic E-state index is 10.5. The average Bonchev–Trinajstić information content (AvgIpc) is 2.59. The molecule has 3 nitrogen and oxygen atoms in total. The van der Waals surface area contributed by atoms with Crippen LogP contribution in [0.3, 0.4) is 0 Å². The Balaban J connectivity index is 2.19. The number of carbonyl (C=O) groups is 1. The zero-order valence-electron chi connectivity index (χ0n) is 6.65. The van der Waals surface area contributed by atoms with Crippen LogP contribution in [0.1, 0.15) is 34.8 Å². The summed E-state index contributed by atoms with van der Waals surface area (Å²) in [5.74, 6) is 0.298. The van der Waals surface area contributed by atoms with Gasteiger partial charge in [-0.05, 0) is 12.3 Å². The highest BCUT2D eigenvalue weighted by molar-refractivity contribution is 7.10. The van der Waals surface area contributed by atoms with Gasteiger partial charge in [-0.15, -0.1) is 11.3 Å². The van der Waals surface area contributed by atoms with Crippen LogP contribution in [-0.2, 0) is 0 Å². The maximum Gasteiger partial charge on any atom is 0.355 e. The number of nitrogens with zero attached hydrogens (tertiary/aromatic N) is 1. The second kappa shape index (κ2) is 2.55. The van der Waals surface area contributed by atoms with Crippen molar-refractivity contribution >= 4 is 17.3 Å². The van der Waals surface area contributed by atoms with E-state index in [1.54, 1.807) is 5.38 Å². The smallest absolute Gasteiger partial charge is 0.355 e. The highest BCUT2D eigenvalue weighted by Gasteiger charge is 2.36. The Morgan fingerprint density at radius 1 is 1.83 bits per heavy atom. The van der Waals surface area contributed by atoms with Crippen molar-refractivity contribution in [3.63, 3.8) is 0 Å². The molecule has 1 saturated carbocycles. The molecule has 1 aliphatic rings. The summed E-state index contributed by atoms with van der Waals surface area (Å²) >= 11 is 1.46. The summed E-state index contributed by atoms with van der Waals surface area (Å²) < 4.78 is 0. The van der Waals surface area contributed by atoms with Gasteiger partial charge in [0.25, 0.3) is 0 Å². The highest BCUT2D eigenvalue weighted by atomic mass is 32.1. The Hall–Kier alpha value is -0.900. The lowest BCUT2D eigenvalue weighted by Gasteiger charge is -1.86. The number of rotatable bonds is 2. The van der Waals surface area contributed by atoms with Gasteiger partial charge in [-0.25, -0.2) is 9.78 Å². The lowest BCUT2D eigenvalue weighted by Crippen LogP contribution is -1.96. The first-order valence-electron chi connectivity index (χ1n) is 3.87. The molecule has 0 radical (unpaired) electrons. The Morgan fingerprint density at radius 2 is 2.50 bits per heavy atom. The van der Waals surface area contributed by atoms with Crippen molar-refractivity contribution < 1.29 is 9.90 Å². The zero-order chi connectivity index (χ0) is 8.72. The topological polar surface area (TPSA) is 50.2 Å². The summed E-state index contributed by atoms with van der Waals surface area (Å²) in [7, 11) is 0. The SMILES string of the molecule is CC1CC1c1nc(C(=O)O)cs1. The third-order valence-electron chi connectivity index (χ3n) is 2.17. The average molecular weight is 183 g/mol. The Kier molecular flexibility index (Phi) is 1.65. The monoisotopic (exact) mass is 183 g/mol. The largest absolute Gasteiger partial charge is 0.476 e. The second-order valence-electron chi connectivity index (χ2n) is 3.20. The molecule has 1 aromatic rings. The van der Waals surface area contributed by atoms with E-state index in [0.29, 0.717) is 11.8 Å². The molecule has 0 bridgehead atoms. The minimum Gasteiger partial charge on any atom is -0.476 e. The van der Waals surface area contributed by atoms with E-state index in [2.05, 4.69) is 11.9 Å². The van der Waals surface area contributed by atoms with Gasteiger partial charge in [0.15, 0.2) is 5.69 Å². The lowest BCUT2D eigenvalue weighted by atomic mass is 10.3. The van der Waals surface area contributed by atoms with E-state index in [0.717, 1.165) is 11.4 Å². The van der Waals surface area contributed by atoms with E-state index in [4.69, 9.17) is 5.11 Å². The number of hydrogen-bond donors (Lipinski definition) is 1. The standard InChI is InChI=1S/C8H9NO2S/c1-4-2-5(4)7-9-6(3-12-7)8(10)11/h3-5H,2H2,1H3,(H,10,11). The molecule has 12 heavy (non-hydrogen) atoms. The molecule has 1 heterocycles. The number of carboxylic acid groups (broad SMARTS) is 1. The number of aromatic carboxylic acids is 1.